The predicted octanol–water partition coefficient (Wildman–Crippen LogP) is 1.91. The molecule has 0 bridgehead atoms. The van der Waals surface area contributed by atoms with Crippen LogP contribution in [0.2, 0.25) is 0 Å². The third kappa shape index (κ3) is 3.57. The maximum atomic E-state index is 11.5. The third-order valence-corrected chi connectivity index (χ3v) is 1.94. The molecule has 0 amide bonds. The molecule has 0 saturated carbocycles. The summed E-state index contributed by atoms with van der Waals surface area (Å²) in [4.78, 5) is 21.7. The lowest BCUT2D eigenvalue weighted by Crippen LogP contribution is -1.96. The number of hydrogen-bond donors (Lipinski definition) is 1. The highest BCUT2D eigenvalue weighted by molar-refractivity contribution is 6.04. The van der Waals surface area contributed by atoms with Crippen LogP contribution >= 0.6 is 0 Å². The van der Waals surface area contributed by atoms with Gasteiger partial charge >= 0.3 is 5.97 Å². The Bertz CT molecular complexity index is 404. The predicted molar refractivity (Wildman–Crippen MR) is 58.7 cm³/mol. The molecule has 0 fully saturated rings. The van der Waals surface area contributed by atoms with E-state index >= 15 is 0 Å². The first-order chi connectivity index (χ1) is 7.63. The van der Waals surface area contributed by atoms with E-state index in [9.17, 15) is 9.59 Å². The first kappa shape index (κ1) is 12.0. The Labute approximate surface area is 93.2 Å². The highest BCUT2D eigenvalue weighted by atomic mass is 16.5. The van der Waals surface area contributed by atoms with Crippen molar-refractivity contribution in [2.24, 2.45) is 0 Å². The van der Waals surface area contributed by atoms with Gasteiger partial charge in [0.15, 0.2) is 5.78 Å². The zero-order valence-corrected chi connectivity index (χ0v) is 8.84. The van der Waals surface area contributed by atoms with E-state index in [1.54, 1.807) is 31.4 Å². The highest BCUT2D eigenvalue weighted by Gasteiger charge is 2.01. The van der Waals surface area contributed by atoms with Crippen molar-refractivity contribution in [1.82, 2.24) is 0 Å². The molecule has 0 heterocycles. The maximum Gasteiger partial charge on any atom is 0.307 e. The second-order valence-electron chi connectivity index (χ2n) is 3.09. The van der Waals surface area contributed by atoms with E-state index in [2.05, 4.69) is 0 Å². The molecule has 1 rings (SSSR count). The van der Waals surface area contributed by atoms with Crippen molar-refractivity contribution in [3.05, 3.63) is 42.0 Å². The molecule has 1 aromatic carbocycles. The fourth-order valence-electron chi connectivity index (χ4n) is 1.12. The zero-order valence-electron chi connectivity index (χ0n) is 8.84. The van der Waals surface area contributed by atoms with Crippen molar-refractivity contribution < 1.29 is 19.4 Å². The minimum Gasteiger partial charge on any atom is -0.497 e. The normalized spacial score (nSPS) is 10.3. The van der Waals surface area contributed by atoms with Crippen LogP contribution < -0.4 is 4.74 Å². The highest BCUT2D eigenvalue weighted by Crippen LogP contribution is 2.11. The van der Waals surface area contributed by atoms with Crippen LogP contribution in [0.1, 0.15) is 16.8 Å². The van der Waals surface area contributed by atoms with E-state index in [1.165, 1.54) is 12.2 Å². The van der Waals surface area contributed by atoms with Crippen LogP contribution in [-0.4, -0.2) is 24.0 Å². The third-order valence-electron chi connectivity index (χ3n) is 1.94. The lowest BCUT2D eigenvalue weighted by atomic mass is 10.1. The standard InChI is InChI=1S/C12H12O4/c1-16-10-7-5-9(6-8-10)11(13)3-2-4-12(14)15/h2-3,5-8H,4H2,1H3,(H,14,15). The van der Waals surface area contributed by atoms with Crippen molar-refractivity contribution in [3.63, 3.8) is 0 Å². The summed E-state index contributed by atoms with van der Waals surface area (Å²) in [5.41, 5.74) is 0.502. The lowest BCUT2D eigenvalue weighted by Gasteiger charge is -1.99. The smallest absolute Gasteiger partial charge is 0.307 e. The Morgan fingerprint density at radius 1 is 1.31 bits per heavy atom. The van der Waals surface area contributed by atoms with Crippen molar-refractivity contribution in [2.75, 3.05) is 7.11 Å². The summed E-state index contributed by atoms with van der Waals surface area (Å²) in [6, 6.07) is 6.62. The number of aliphatic carboxylic acids is 1. The molecule has 0 aliphatic heterocycles. The van der Waals surface area contributed by atoms with Crippen LogP contribution in [0.3, 0.4) is 0 Å². The van der Waals surface area contributed by atoms with Gasteiger partial charge in [0.25, 0.3) is 0 Å². The maximum absolute atomic E-state index is 11.5. The van der Waals surface area contributed by atoms with Crippen LogP contribution in [0.15, 0.2) is 36.4 Å². The monoisotopic (exact) mass is 220 g/mol. The molecule has 0 atom stereocenters. The quantitative estimate of drug-likeness (QED) is 0.608. The number of carboxylic acids is 1. The van der Waals surface area contributed by atoms with E-state index in [0.717, 1.165) is 0 Å². The fraction of sp³-hybridized carbons (Fsp3) is 0.167. The number of ketones is 1. The van der Waals surface area contributed by atoms with Crippen molar-refractivity contribution in [3.8, 4) is 5.75 Å². The number of hydrogen-bond acceptors (Lipinski definition) is 3. The summed E-state index contributed by atoms with van der Waals surface area (Å²) in [5, 5.41) is 8.39. The number of benzene rings is 1. The summed E-state index contributed by atoms with van der Waals surface area (Å²) in [6.45, 7) is 0. The van der Waals surface area contributed by atoms with E-state index in [1.807, 2.05) is 0 Å². The number of methoxy groups -OCH3 is 1. The molecule has 0 radical (unpaired) electrons. The number of rotatable bonds is 5. The first-order valence-corrected chi connectivity index (χ1v) is 4.70. The molecule has 0 spiro atoms. The molecular weight excluding hydrogens is 208 g/mol. The molecule has 4 nitrogen and oxygen atoms in total. The Kier molecular flexibility index (Phi) is 4.27. The van der Waals surface area contributed by atoms with E-state index in [0.29, 0.717) is 11.3 Å². The molecule has 4 heteroatoms. The van der Waals surface area contributed by atoms with Crippen LogP contribution in [0.5, 0.6) is 5.75 Å². The molecule has 84 valence electrons. The summed E-state index contributed by atoms with van der Waals surface area (Å²) >= 11 is 0. The Hall–Kier alpha value is -2.10. The van der Waals surface area contributed by atoms with Crippen molar-refractivity contribution >= 4 is 11.8 Å². The minimum atomic E-state index is -0.959. The molecule has 16 heavy (non-hydrogen) atoms. The average Bonchev–Trinajstić information content (AvgIpc) is 2.28. The summed E-state index contributed by atoms with van der Waals surface area (Å²) in [6.07, 6.45) is 2.44. The van der Waals surface area contributed by atoms with Gasteiger partial charge in [0, 0.05) is 5.56 Å². The van der Waals surface area contributed by atoms with Crippen molar-refractivity contribution in [2.45, 2.75) is 6.42 Å². The van der Waals surface area contributed by atoms with Crippen molar-refractivity contribution in [1.29, 1.82) is 0 Å². The molecular formula is C12H12O4. The van der Waals surface area contributed by atoms with E-state index in [-0.39, 0.29) is 12.2 Å². The summed E-state index contributed by atoms with van der Waals surface area (Å²) in [7, 11) is 1.55. The Morgan fingerprint density at radius 3 is 2.44 bits per heavy atom. The van der Waals surface area contributed by atoms with Crippen LogP contribution in [0.4, 0.5) is 0 Å². The van der Waals surface area contributed by atoms with Gasteiger partial charge in [0.1, 0.15) is 5.75 Å². The first-order valence-electron chi connectivity index (χ1n) is 4.70. The van der Waals surface area contributed by atoms with Gasteiger partial charge in [-0.3, -0.25) is 9.59 Å². The number of carbonyl (C=O) groups is 2. The van der Waals surface area contributed by atoms with Crippen LogP contribution in [0.25, 0.3) is 0 Å². The number of carboxylic acid groups (broad SMARTS) is 1. The number of ether oxygens (including phenoxy) is 1. The van der Waals surface area contributed by atoms with Gasteiger partial charge in [-0.2, -0.15) is 0 Å². The molecule has 1 N–H and O–H groups in total. The number of carbonyl (C=O) groups excluding carboxylic acids is 1. The van der Waals surface area contributed by atoms with Gasteiger partial charge in [-0.15, -0.1) is 0 Å². The van der Waals surface area contributed by atoms with Gasteiger partial charge in [-0.05, 0) is 30.3 Å². The minimum absolute atomic E-state index is 0.151. The van der Waals surface area contributed by atoms with Crippen LogP contribution in [-0.2, 0) is 4.79 Å². The van der Waals surface area contributed by atoms with Gasteiger partial charge in [-0.25, -0.2) is 0 Å². The molecule has 1 aromatic rings. The van der Waals surface area contributed by atoms with Gasteiger partial charge in [0.05, 0.1) is 13.5 Å². The topological polar surface area (TPSA) is 63.6 Å². The van der Waals surface area contributed by atoms with Gasteiger partial charge in [0.2, 0.25) is 0 Å². The van der Waals surface area contributed by atoms with E-state index in [4.69, 9.17) is 9.84 Å². The molecule has 0 aliphatic rings. The summed E-state index contributed by atoms with van der Waals surface area (Å²) in [5.74, 6) is -0.506. The van der Waals surface area contributed by atoms with Gasteiger partial charge in [-0.1, -0.05) is 6.08 Å². The average molecular weight is 220 g/mol. The SMILES string of the molecule is COc1ccc(C(=O)C=CCC(=O)O)cc1. The second-order valence-corrected chi connectivity index (χ2v) is 3.09. The summed E-state index contributed by atoms with van der Waals surface area (Å²) < 4.78 is 4.95. The molecule has 0 saturated heterocycles. The van der Waals surface area contributed by atoms with Crippen LogP contribution in [0, 0.1) is 0 Å². The molecule has 0 unspecified atom stereocenters. The zero-order chi connectivity index (χ0) is 12.0. The Morgan fingerprint density at radius 2 is 1.94 bits per heavy atom. The molecule has 0 aromatic heterocycles. The van der Waals surface area contributed by atoms with Gasteiger partial charge < -0.3 is 9.84 Å². The second kappa shape index (κ2) is 5.70. The lowest BCUT2D eigenvalue weighted by molar-refractivity contribution is -0.135. The number of allylic oxidation sites excluding steroid dienone is 1. The fourth-order valence-corrected chi connectivity index (χ4v) is 1.12. The molecule has 0 aliphatic carbocycles. The van der Waals surface area contributed by atoms with E-state index < -0.39 is 5.97 Å². The largest absolute Gasteiger partial charge is 0.497 e. The Balaban J connectivity index is 2.66.